The summed E-state index contributed by atoms with van der Waals surface area (Å²) in [7, 11) is 0. The number of aliphatic imine (C=N–C) groups is 1. The number of benzene rings is 3. The highest BCUT2D eigenvalue weighted by Crippen LogP contribution is 2.28. The molecule has 0 aliphatic carbocycles. The fourth-order valence-electron chi connectivity index (χ4n) is 3.29. The molecular weight excluding hydrogens is 360 g/mol. The lowest BCUT2D eigenvalue weighted by molar-refractivity contribution is -0.113. The zero-order valence-corrected chi connectivity index (χ0v) is 16.5. The van der Waals surface area contributed by atoms with E-state index in [2.05, 4.69) is 0 Å². The molecule has 1 aliphatic heterocycles. The van der Waals surface area contributed by atoms with Gasteiger partial charge in [-0.15, -0.1) is 0 Å². The van der Waals surface area contributed by atoms with E-state index in [-0.39, 0.29) is 5.91 Å². The molecule has 1 aliphatic rings. The van der Waals surface area contributed by atoms with Gasteiger partial charge in [0, 0.05) is 5.56 Å². The van der Waals surface area contributed by atoms with E-state index in [1.807, 2.05) is 98.8 Å². The van der Waals surface area contributed by atoms with Gasteiger partial charge < -0.3 is 4.74 Å². The van der Waals surface area contributed by atoms with E-state index in [1.54, 1.807) is 4.90 Å². The van der Waals surface area contributed by atoms with Crippen LogP contribution in [0.25, 0.3) is 6.08 Å². The maximum absolute atomic E-state index is 13.3. The monoisotopic (exact) mass is 382 g/mol. The van der Waals surface area contributed by atoms with Crippen LogP contribution in [0.15, 0.2) is 89.6 Å². The van der Waals surface area contributed by atoms with E-state index in [0.29, 0.717) is 18.1 Å². The molecule has 0 N–H and O–H groups in total. The van der Waals surface area contributed by atoms with Crippen LogP contribution in [0, 0.1) is 6.92 Å². The first kappa shape index (κ1) is 18.7. The van der Waals surface area contributed by atoms with Gasteiger partial charge in [0.05, 0.1) is 12.3 Å². The second kappa shape index (κ2) is 8.15. The van der Waals surface area contributed by atoms with Crippen molar-refractivity contribution < 1.29 is 9.53 Å². The molecule has 29 heavy (non-hydrogen) atoms. The lowest BCUT2D eigenvalue weighted by Crippen LogP contribution is -2.32. The second-order valence-corrected chi connectivity index (χ2v) is 6.81. The van der Waals surface area contributed by atoms with Crippen LogP contribution in [0.1, 0.15) is 23.6 Å². The number of nitrogens with zero attached hydrogens (tertiary/aromatic N) is 2. The van der Waals surface area contributed by atoms with Gasteiger partial charge in [0.2, 0.25) is 0 Å². The predicted octanol–water partition coefficient (Wildman–Crippen LogP) is 5.23. The number of ether oxygens (including phenoxy) is 1. The Morgan fingerprint density at radius 2 is 1.72 bits per heavy atom. The number of hydrogen-bond acceptors (Lipinski definition) is 3. The van der Waals surface area contributed by atoms with Gasteiger partial charge in [-0.1, -0.05) is 54.6 Å². The molecule has 0 spiro atoms. The third-order valence-corrected chi connectivity index (χ3v) is 4.65. The third kappa shape index (κ3) is 3.97. The molecular formula is C25H22N2O2. The van der Waals surface area contributed by atoms with Crippen LogP contribution < -0.4 is 9.64 Å². The number of amides is 1. The minimum absolute atomic E-state index is 0.136. The Morgan fingerprint density at radius 1 is 0.966 bits per heavy atom. The van der Waals surface area contributed by atoms with E-state index in [1.165, 1.54) is 0 Å². The van der Waals surface area contributed by atoms with Gasteiger partial charge in [0.25, 0.3) is 5.91 Å². The summed E-state index contributed by atoms with van der Waals surface area (Å²) in [6.45, 7) is 4.59. The lowest BCUT2D eigenvalue weighted by Gasteiger charge is -2.19. The maximum atomic E-state index is 13.3. The van der Waals surface area contributed by atoms with Gasteiger partial charge in [-0.05, 0) is 55.3 Å². The summed E-state index contributed by atoms with van der Waals surface area (Å²) in [6.07, 6.45) is 1.82. The first-order chi connectivity index (χ1) is 14.2. The summed E-state index contributed by atoms with van der Waals surface area (Å²) < 4.78 is 5.49. The Labute approximate surface area is 170 Å². The standard InChI is InChI=1S/C25H22N2O2/c1-3-29-22-14-12-19(13-15-22)17-23-25(28)27(21-11-7-8-18(2)16-21)24(26-23)20-9-5-4-6-10-20/h4-17H,3H2,1-2H3/b23-17+. The Kier molecular flexibility index (Phi) is 5.25. The highest BCUT2D eigenvalue weighted by molar-refractivity contribution is 6.33. The van der Waals surface area contributed by atoms with Crippen molar-refractivity contribution in [3.8, 4) is 5.75 Å². The third-order valence-electron chi connectivity index (χ3n) is 4.65. The van der Waals surface area contributed by atoms with Crippen LogP contribution in [0.5, 0.6) is 5.75 Å². The van der Waals surface area contributed by atoms with Crippen LogP contribution in [0.3, 0.4) is 0 Å². The molecule has 144 valence electrons. The predicted molar refractivity (Wildman–Crippen MR) is 117 cm³/mol. The molecule has 0 atom stereocenters. The average Bonchev–Trinajstić information content (AvgIpc) is 3.06. The molecule has 0 bridgehead atoms. The molecule has 0 aromatic heterocycles. The first-order valence-corrected chi connectivity index (χ1v) is 9.65. The summed E-state index contributed by atoms with van der Waals surface area (Å²) in [4.78, 5) is 19.7. The van der Waals surface area contributed by atoms with Crippen molar-refractivity contribution in [3.63, 3.8) is 0 Å². The Balaban J connectivity index is 1.75. The number of rotatable bonds is 5. The maximum Gasteiger partial charge on any atom is 0.282 e. The summed E-state index contributed by atoms with van der Waals surface area (Å²) in [6, 6.07) is 25.3. The minimum atomic E-state index is -0.136. The fourth-order valence-corrected chi connectivity index (χ4v) is 3.29. The van der Waals surface area contributed by atoms with Crippen LogP contribution in [0.2, 0.25) is 0 Å². The van der Waals surface area contributed by atoms with E-state index in [0.717, 1.165) is 28.1 Å². The molecule has 0 radical (unpaired) electrons. The van der Waals surface area contributed by atoms with E-state index in [4.69, 9.17) is 9.73 Å². The summed E-state index contributed by atoms with van der Waals surface area (Å²) in [5.41, 5.74) is 4.12. The van der Waals surface area contributed by atoms with E-state index >= 15 is 0 Å². The molecule has 4 nitrogen and oxygen atoms in total. The number of hydrogen-bond donors (Lipinski definition) is 0. The number of amidine groups is 1. The molecule has 3 aromatic rings. The SMILES string of the molecule is CCOc1ccc(/C=C2/N=C(c3ccccc3)N(c3cccc(C)c3)C2=O)cc1. The molecule has 0 unspecified atom stereocenters. The number of aryl methyl sites for hydroxylation is 1. The molecule has 0 fully saturated rings. The summed E-state index contributed by atoms with van der Waals surface area (Å²) in [5.74, 6) is 1.31. The highest BCUT2D eigenvalue weighted by atomic mass is 16.5. The second-order valence-electron chi connectivity index (χ2n) is 6.81. The summed E-state index contributed by atoms with van der Waals surface area (Å²) >= 11 is 0. The smallest absolute Gasteiger partial charge is 0.282 e. The molecule has 4 heteroatoms. The van der Waals surface area contributed by atoms with Crippen molar-refractivity contribution in [3.05, 3.63) is 101 Å². The van der Waals surface area contributed by atoms with Gasteiger partial charge >= 0.3 is 0 Å². The number of anilines is 1. The van der Waals surface area contributed by atoms with E-state index < -0.39 is 0 Å². The minimum Gasteiger partial charge on any atom is -0.494 e. The van der Waals surface area contributed by atoms with Gasteiger partial charge in [0.1, 0.15) is 17.3 Å². The molecule has 3 aromatic carbocycles. The normalized spacial score (nSPS) is 15.0. The zero-order chi connectivity index (χ0) is 20.2. The lowest BCUT2D eigenvalue weighted by atomic mass is 10.1. The van der Waals surface area contributed by atoms with Crippen molar-refractivity contribution >= 4 is 23.5 Å². The Morgan fingerprint density at radius 3 is 2.41 bits per heavy atom. The molecule has 1 amide bonds. The largest absolute Gasteiger partial charge is 0.494 e. The summed E-state index contributed by atoms with van der Waals surface area (Å²) in [5, 5.41) is 0. The van der Waals surface area contributed by atoms with Crippen molar-refractivity contribution in [2.24, 2.45) is 4.99 Å². The van der Waals surface area contributed by atoms with Crippen molar-refractivity contribution in [2.45, 2.75) is 13.8 Å². The van der Waals surface area contributed by atoms with E-state index in [9.17, 15) is 4.79 Å². The van der Waals surface area contributed by atoms with Crippen LogP contribution in [0.4, 0.5) is 5.69 Å². The molecule has 0 saturated carbocycles. The quantitative estimate of drug-likeness (QED) is 0.567. The Bertz CT molecular complexity index is 1080. The van der Waals surface area contributed by atoms with Crippen molar-refractivity contribution in [2.75, 3.05) is 11.5 Å². The molecule has 0 saturated heterocycles. The average molecular weight is 382 g/mol. The van der Waals surface area contributed by atoms with Gasteiger partial charge in [-0.3, -0.25) is 9.69 Å². The van der Waals surface area contributed by atoms with Crippen LogP contribution in [-0.4, -0.2) is 18.3 Å². The highest BCUT2D eigenvalue weighted by Gasteiger charge is 2.32. The zero-order valence-electron chi connectivity index (χ0n) is 16.5. The van der Waals surface area contributed by atoms with Crippen LogP contribution >= 0.6 is 0 Å². The van der Waals surface area contributed by atoms with Gasteiger partial charge in [0.15, 0.2) is 0 Å². The van der Waals surface area contributed by atoms with Crippen LogP contribution in [-0.2, 0) is 4.79 Å². The number of carbonyl (C=O) groups excluding carboxylic acids is 1. The fraction of sp³-hybridized carbons (Fsp3) is 0.120. The van der Waals surface area contributed by atoms with Crippen molar-refractivity contribution in [1.82, 2.24) is 0 Å². The van der Waals surface area contributed by atoms with Gasteiger partial charge in [-0.2, -0.15) is 0 Å². The topological polar surface area (TPSA) is 41.9 Å². The first-order valence-electron chi connectivity index (χ1n) is 9.65. The van der Waals surface area contributed by atoms with Gasteiger partial charge in [-0.25, -0.2) is 4.99 Å². The molecule has 1 heterocycles. The molecule has 4 rings (SSSR count). The Hall–Kier alpha value is -3.66. The van der Waals surface area contributed by atoms with Crippen molar-refractivity contribution in [1.29, 1.82) is 0 Å². The number of carbonyl (C=O) groups is 1.